The minimum absolute atomic E-state index is 0.0216. The summed E-state index contributed by atoms with van der Waals surface area (Å²) in [4.78, 5) is 18.8. The highest BCUT2D eigenvalue weighted by atomic mass is 16.5. The van der Waals surface area contributed by atoms with Crippen LogP contribution in [0.15, 0.2) is 47.4 Å². The fourth-order valence-corrected chi connectivity index (χ4v) is 3.63. The van der Waals surface area contributed by atoms with Gasteiger partial charge in [0.2, 0.25) is 5.88 Å². The van der Waals surface area contributed by atoms with E-state index in [1.165, 1.54) is 12.5 Å². The maximum atomic E-state index is 12.7. The van der Waals surface area contributed by atoms with E-state index in [9.17, 15) is 4.79 Å². The molecule has 24 heavy (non-hydrogen) atoms. The molecule has 0 N–H and O–H groups in total. The molecule has 3 unspecified atom stereocenters. The first-order valence-electron chi connectivity index (χ1n) is 8.30. The van der Waals surface area contributed by atoms with Crippen LogP contribution < -0.4 is 4.74 Å². The van der Waals surface area contributed by atoms with E-state index in [0.717, 1.165) is 12.8 Å². The summed E-state index contributed by atoms with van der Waals surface area (Å²) < 4.78 is 16.7. The van der Waals surface area contributed by atoms with Crippen LogP contribution in [0.5, 0.6) is 5.88 Å². The van der Waals surface area contributed by atoms with Gasteiger partial charge in [0.05, 0.1) is 37.2 Å². The Labute approximate surface area is 140 Å². The number of carbonyl (C=O) groups excluding carboxylic acids is 1. The molecule has 2 aromatic heterocycles. The summed E-state index contributed by atoms with van der Waals surface area (Å²) in [5.74, 6) is 1.02. The molecular weight excluding hydrogens is 308 g/mol. The normalized spacial score (nSPS) is 26.2. The zero-order valence-electron chi connectivity index (χ0n) is 13.3. The standard InChI is InChI=1S/C18H20N2O4/c21-18(14-4-7-22-12-14)20-6-8-23-16-10-13(9-15(16)20)11-24-17-3-1-2-5-19-17/h1-5,7,12-13,15-16H,6,8-11H2. The molecule has 6 heteroatoms. The van der Waals surface area contributed by atoms with Crippen LogP contribution in [-0.4, -0.2) is 47.7 Å². The summed E-state index contributed by atoms with van der Waals surface area (Å²) in [7, 11) is 0. The third kappa shape index (κ3) is 3.01. The maximum Gasteiger partial charge on any atom is 0.257 e. The Kier molecular flexibility index (Phi) is 4.21. The number of ether oxygens (including phenoxy) is 2. The predicted molar refractivity (Wildman–Crippen MR) is 85.7 cm³/mol. The first kappa shape index (κ1) is 15.2. The van der Waals surface area contributed by atoms with Crippen molar-refractivity contribution in [2.24, 2.45) is 5.92 Å². The fourth-order valence-electron chi connectivity index (χ4n) is 3.63. The second-order valence-corrected chi connectivity index (χ2v) is 6.30. The second-order valence-electron chi connectivity index (χ2n) is 6.30. The van der Waals surface area contributed by atoms with Crippen molar-refractivity contribution in [1.29, 1.82) is 0 Å². The lowest BCUT2D eigenvalue weighted by Gasteiger charge is -2.37. The van der Waals surface area contributed by atoms with Gasteiger partial charge in [0, 0.05) is 18.8 Å². The van der Waals surface area contributed by atoms with Crippen LogP contribution in [0.1, 0.15) is 23.2 Å². The molecule has 4 rings (SSSR count). The molecule has 0 spiro atoms. The van der Waals surface area contributed by atoms with Gasteiger partial charge in [-0.15, -0.1) is 0 Å². The van der Waals surface area contributed by atoms with E-state index in [-0.39, 0.29) is 18.1 Å². The smallest absolute Gasteiger partial charge is 0.257 e. The number of rotatable bonds is 4. The molecule has 2 aromatic rings. The van der Waals surface area contributed by atoms with Crippen LogP contribution in [-0.2, 0) is 4.74 Å². The molecule has 126 valence electrons. The van der Waals surface area contributed by atoms with E-state index in [2.05, 4.69) is 4.98 Å². The number of amides is 1. The van der Waals surface area contributed by atoms with E-state index in [1.54, 1.807) is 12.3 Å². The Bertz CT molecular complexity index is 674. The van der Waals surface area contributed by atoms with Gasteiger partial charge in [0.15, 0.2) is 0 Å². The molecule has 2 fully saturated rings. The molecule has 1 saturated carbocycles. The van der Waals surface area contributed by atoms with Gasteiger partial charge in [0.1, 0.15) is 6.26 Å². The maximum absolute atomic E-state index is 12.7. The zero-order chi connectivity index (χ0) is 16.4. The molecule has 1 amide bonds. The van der Waals surface area contributed by atoms with Crippen LogP contribution in [0.4, 0.5) is 0 Å². The average molecular weight is 328 g/mol. The highest BCUT2D eigenvalue weighted by molar-refractivity contribution is 5.94. The highest BCUT2D eigenvalue weighted by Crippen LogP contribution is 2.35. The van der Waals surface area contributed by atoms with Gasteiger partial charge < -0.3 is 18.8 Å². The quantitative estimate of drug-likeness (QED) is 0.862. The summed E-state index contributed by atoms with van der Waals surface area (Å²) >= 11 is 0. The van der Waals surface area contributed by atoms with E-state index in [4.69, 9.17) is 13.9 Å². The third-order valence-electron chi connectivity index (χ3n) is 4.77. The van der Waals surface area contributed by atoms with Crippen molar-refractivity contribution < 1.29 is 18.7 Å². The Morgan fingerprint density at radius 3 is 3.08 bits per heavy atom. The lowest BCUT2D eigenvalue weighted by Crippen LogP contribution is -2.51. The molecule has 6 nitrogen and oxygen atoms in total. The second kappa shape index (κ2) is 6.65. The number of morpholine rings is 1. The number of nitrogens with zero attached hydrogens (tertiary/aromatic N) is 2. The van der Waals surface area contributed by atoms with Crippen molar-refractivity contribution >= 4 is 5.91 Å². The molecule has 3 atom stereocenters. The van der Waals surface area contributed by atoms with E-state index in [1.807, 2.05) is 23.1 Å². The number of furan rings is 1. The molecular formula is C18H20N2O4. The van der Waals surface area contributed by atoms with Gasteiger partial charge in [-0.1, -0.05) is 6.07 Å². The summed E-state index contributed by atoms with van der Waals surface area (Å²) in [6.07, 6.45) is 6.64. The van der Waals surface area contributed by atoms with Crippen LogP contribution in [0.3, 0.4) is 0 Å². The molecule has 0 radical (unpaired) electrons. The van der Waals surface area contributed by atoms with Crippen molar-refractivity contribution in [2.75, 3.05) is 19.8 Å². The van der Waals surface area contributed by atoms with E-state index < -0.39 is 0 Å². The number of hydrogen-bond donors (Lipinski definition) is 0. The van der Waals surface area contributed by atoms with Gasteiger partial charge >= 0.3 is 0 Å². The molecule has 1 aliphatic carbocycles. The zero-order valence-corrected chi connectivity index (χ0v) is 13.3. The summed E-state index contributed by atoms with van der Waals surface area (Å²) in [5.41, 5.74) is 0.601. The van der Waals surface area contributed by atoms with Crippen LogP contribution in [0.2, 0.25) is 0 Å². The van der Waals surface area contributed by atoms with Gasteiger partial charge in [-0.25, -0.2) is 4.98 Å². The average Bonchev–Trinajstić information content (AvgIpc) is 3.29. The van der Waals surface area contributed by atoms with Gasteiger partial charge in [-0.05, 0) is 30.9 Å². The number of fused-ring (bicyclic) bond motifs is 1. The molecule has 1 aliphatic heterocycles. The molecule has 1 saturated heterocycles. The molecule has 3 heterocycles. The van der Waals surface area contributed by atoms with Crippen LogP contribution in [0, 0.1) is 5.92 Å². The summed E-state index contributed by atoms with van der Waals surface area (Å²) in [6.45, 7) is 1.80. The molecule has 0 bridgehead atoms. The Hall–Kier alpha value is -2.34. The minimum atomic E-state index is 0.0216. The minimum Gasteiger partial charge on any atom is -0.477 e. The third-order valence-corrected chi connectivity index (χ3v) is 4.77. The SMILES string of the molecule is O=C(c1ccoc1)N1CCOC2CC(COc3ccccn3)CC21. The van der Waals surface area contributed by atoms with Crippen LogP contribution in [0.25, 0.3) is 0 Å². The largest absolute Gasteiger partial charge is 0.477 e. The monoisotopic (exact) mass is 328 g/mol. The fraction of sp³-hybridized carbons (Fsp3) is 0.444. The summed E-state index contributed by atoms with van der Waals surface area (Å²) in [6, 6.07) is 7.45. The molecule has 2 aliphatic rings. The lowest BCUT2D eigenvalue weighted by molar-refractivity contribution is -0.0448. The Morgan fingerprint density at radius 2 is 2.29 bits per heavy atom. The Balaban J connectivity index is 1.40. The number of pyridine rings is 1. The van der Waals surface area contributed by atoms with Gasteiger partial charge in [0.25, 0.3) is 5.91 Å². The first-order chi connectivity index (χ1) is 11.8. The first-order valence-corrected chi connectivity index (χ1v) is 8.30. The van der Waals surface area contributed by atoms with Crippen molar-refractivity contribution in [2.45, 2.75) is 25.0 Å². The number of carbonyl (C=O) groups is 1. The lowest BCUT2D eigenvalue weighted by atomic mass is 10.1. The van der Waals surface area contributed by atoms with Gasteiger partial charge in [-0.3, -0.25) is 4.79 Å². The van der Waals surface area contributed by atoms with Crippen molar-refractivity contribution in [1.82, 2.24) is 9.88 Å². The summed E-state index contributed by atoms with van der Waals surface area (Å²) in [5, 5.41) is 0. The topological polar surface area (TPSA) is 64.8 Å². The van der Waals surface area contributed by atoms with Crippen molar-refractivity contribution in [3.8, 4) is 5.88 Å². The number of hydrogen-bond acceptors (Lipinski definition) is 5. The number of aromatic nitrogens is 1. The van der Waals surface area contributed by atoms with E-state index in [0.29, 0.717) is 37.1 Å². The van der Waals surface area contributed by atoms with Gasteiger partial charge in [-0.2, -0.15) is 0 Å². The van der Waals surface area contributed by atoms with Crippen LogP contribution >= 0.6 is 0 Å². The van der Waals surface area contributed by atoms with E-state index >= 15 is 0 Å². The predicted octanol–water partition coefficient (Wildman–Crippen LogP) is 2.37. The Morgan fingerprint density at radius 1 is 1.33 bits per heavy atom. The molecule has 0 aromatic carbocycles. The highest BCUT2D eigenvalue weighted by Gasteiger charge is 2.43. The van der Waals surface area contributed by atoms with Crippen molar-refractivity contribution in [3.63, 3.8) is 0 Å². The van der Waals surface area contributed by atoms with Crippen molar-refractivity contribution in [3.05, 3.63) is 48.6 Å².